The first-order chi connectivity index (χ1) is 15.1. The van der Waals surface area contributed by atoms with E-state index in [4.69, 9.17) is 0 Å². The SMILES string of the molecule is CCn1c2ccccc2c2cc(NC(=O)c3cccc(N4C(=O)CCC4=O)c3)ccc21. The van der Waals surface area contributed by atoms with Crippen molar-refractivity contribution in [2.24, 2.45) is 0 Å². The highest BCUT2D eigenvalue weighted by Gasteiger charge is 2.30. The third-order valence-electron chi connectivity index (χ3n) is 5.76. The van der Waals surface area contributed by atoms with Gasteiger partial charge in [-0.2, -0.15) is 0 Å². The van der Waals surface area contributed by atoms with Gasteiger partial charge in [-0.1, -0.05) is 24.3 Å². The van der Waals surface area contributed by atoms with Crippen LogP contribution in [0.3, 0.4) is 0 Å². The molecule has 5 rings (SSSR count). The molecule has 0 aliphatic carbocycles. The van der Waals surface area contributed by atoms with Crippen molar-refractivity contribution < 1.29 is 14.4 Å². The van der Waals surface area contributed by atoms with Crippen LogP contribution in [0.4, 0.5) is 11.4 Å². The summed E-state index contributed by atoms with van der Waals surface area (Å²) in [4.78, 5) is 38.1. The summed E-state index contributed by atoms with van der Waals surface area (Å²) in [6, 6.07) is 20.7. The van der Waals surface area contributed by atoms with Gasteiger partial charge in [0.15, 0.2) is 0 Å². The van der Waals surface area contributed by atoms with Crippen LogP contribution in [0, 0.1) is 0 Å². The van der Waals surface area contributed by atoms with E-state index in [1.165, 1.54) is 0 Å². The van der Waals surface area contributed by atoms with E-state index in [0.29, 0.717) is 16.9 Å². The second-order valence-electron chi connectivity index (χ2n) is 7.62. The van der Waals surface area contributed by atoms with Crippen molar-refractivity contribution >= 4 is 50.9 Å². The number of carbonyl (C=O) groups is 3. The number of benzene rings is 3. The molecule has 1 aliphatic rings. The summed E-state index contributed by atoms with van der Waals surface area (Å²) in [7, 11) is 0. The van der Waals surface area contributed by atoms with Crippen LogP contribution in [-0.2, 0) is 16.1 Å². The van der Waals surface area contributed by atoms with Gasteiger partial charge < -0.3 is 9.88 Å². The zero-order valence-corrected chi connectivity index (χ0v) is 17.1. The van der Waals surface area contributed by atoms with Gasteiger partial charge >= 0.3 is 0 Å². The van der Waals surface area contributed by atoms with Crippen molar-refractivity contribution in [3.05, 3.63) is 72.3 Å². The summed E-state index contributed by atoms with van der Waals surface area (Å²) >= 11 is 0. The maximum Gasteiger partial charge on any atom is 0.255 e. The summed E-state index contributed by atoms with van der Waals surface area (Å²) in [5, 5.41) is 5.17. The van der Waals surface area contributed by atoms with Crippen LogP contribution in [0.15, 0.2) is 66.7 Å². The lowest BCUT2D eigenvalue weighted by molar-refractivity contribution is -0.121. The minimum absolute atomic E-state index is 0.209. The molecule has 4 aromatic rings. The number of nitrogens with one attached hydrogen (secondary N) is 1. The second-order valence-corrected chi connectivity index (χ2v) is 7.62. The predicted molar refractivity (Wildman–Crippen MR) is 121 cm³/mol. The first kappa shape index (κ1) is 19.1. The van der Waals surface area contributed by atoms with Crippen LogP contribution >= 0.6 is 0 Å². The number of rotatable bonds is 4. The van der Waals surface area contributed by atoms with Crippen molar-refractivity contribution in [2.75, 3.05) is 10.2 Å². The van der Waals surface area contributed by atoms with Crippen molar-refractivity contribution in [3.8, 4) is 0 Å². The third-order valence-corrected chi connectivity index (χ3v) is 5.76. The number of fused-ring (bicyclic) bond motifs is 3. The van der Waals surface area contributed by atoms with Crippen LogP contribution < -0.4 is 10.2 Å². The number of hydrogen-bond donors (Lipinski definition) is 1. The first-order valence-corrected chi connectivity index (χ1v) is 10.3. The fourth-order valence-corrected chi connectivity index (χ4v) is 4.33. The minimum atomic E-state index is -0.292. The van der Waals surface area contributed by atoms with Gasteiger partial charge in [0, 0.05) is 52.4 Å². The van der Waals surface area contributed by atoms with Gasteiger partial charge in [-0.3, -0.25) is 19.3 Å². The highest BCUT2D eigenvalue weighted by Crippen LogP contribution is 2.31. The van der Waals surface area contributed by atoms with Crippen LogP contribution in [-0.4, -0.2) is 22.3 Å². The molecule has 0 radical (unpaired) electrons. The number of carbonyl (C=O) groups excluding carboxylic acids is 3. The molecule has 3 amide bonds. The van der Waals surface area contributed by atoms with Crippen molar-refractivity contribution in [3.63, 3.8) is 0 Å². The molecule has 31 heavy (non-hydrogen) atoms. The number of aryl methyl sites for hydroxylation is 1. The molecule has 3 aromatic carbocycles. The van der Waals surface area contributed by atoms with E-state index in [-0.39, 0.29) is 30.6 Å². The quantitative estimate of drug-likeness (QED) is 0.494. The normalized spacial score (nSPS) is 14.0. The zero-order chi connectivity index (χ0) is 21.5. The number of hydrogen-bond acceptors (Lipinski definition) is 3. The maximum atomic E-state index is 12.9. The number of nitrogens with zero attached hydrogens (tertiary/aromatic N) is 2. The molecular formula is C25H21N3O3. The lowest BCUT2D eigenvalue weighted by Gasteiger charge is -2.15. The Morgan fingerprint density at radius 2 is 1.61 bits per heavy atom. The van der Waals surface area contributed by atoms with Gasteiger partial charge in [0.05, 0.1) is 5.69 Å². The summed E-state index contributed by atoms with van der Waals surface area (Å²) in [6.45, 7) is 2.97. The Morgan fingerprint density at radius 3 is 2.39 bits per heavy atom. The predicted octanol–water partition coefficient (Wildman–Crippen LogP) is 4.72. The van der Waals surface area contributed by atoms with Gasteiger partial charge in [0.2, 0.25) is 11.8 Å². The van der Waals surface area contributed by atoms with Gasteiger partial charge in [0.25, 0.3) is 5.91 Å². The molecule has 1 aromatic heterocycles. The topological polar surface area (TPSA) is 71.4 Å². The minimum Gasteiger partial charge on any atom is -0.341 e. The van der Waals surface area contributed by atoms with Gasteiger partial charge in [0.1, 0.15) is 0 Å². The van der Waals surface area contributed by atoms with E-state index in [1.54, 1.807) is 24.3 Å². The van der Waals surface area contributed by atoms with E-state index in [9.17, 15) is 14.4 Å². The van der Waals surface area contributed by atoms with Crippen molar-refractivity contribution in [2.45, 2.75) is 26.3 Å². The monoisotopic (exact) mass is 411 g/mol. The van der Waals surface area contributed by atoms with Crippen LogP contribution in [0.5, 0.6) is 0 Å². The van der Waals surface area contributed by atoms with E-state index in [1.807, 2.05) is 30.3 Å². The number of anilines is 2. The van der Waals surface area contributed by atoms with Gasteiger partial charge in [-0.05, 0) is 49.4 Å². The Balaban J connectivity index is 1.47. The second kappa shape index (κ2) is 7.40. The standard InChI is InChI=1S/C25H21N3O3/c1-2-27-21-9-4-3-8-19(21)20-15-17(10-11-22(20)27)26-25(31)16-6-5-7-18(14-16)28-23(29)12-13-24(28)30/h3-11,14-15H,2,12-13H2,1H3,(H,26,31). The Labute approximate surface area is 179 Å². The lowest BCUT2D eigenvalue weighted by Crippen LogP contribution is -2.28. The van der Waals surface area contributed by atoms with E-state index >= 15 is 0 Å². The molecule has 0 bridgehead atoms. The number of imide groups is 1. The summed E-state index contributed by atoms with van der Waals surface area (Å²) in [5.74, 6) is -0.764. The van der Waals surface area contributed by atoms with Crippen molar-refractivity contribution in [1.29, 1.82) is 0 Å². The molecule has 0 unspecified atom stereocenters. The fourth-order valence-electron chi connectivity index (χ4n) is 4.33. The maximum absolute atomic E-state index is 12.9. The molecule has 1 saturated heterocycles. The average molecular weight is 411 g/mol. The molecule has 2 heterocycles. The number of aromatic nitrogens is 1. The summed E-state index contributed by atoms with van der Waals surface area (Å²) in [6.07, 6.45) is 0.418. The van der Waals surface area contributed by atoms with Crippen LogP contribution in [0.1, 0.15) is 30.1 Å². The molecule has 1 aliphatic heterocycles. The molecular weight excluding hydrogens is 390 g/mol. The molecule has 0 atom stereocenters. The average Bonchev–Trinajstić information content (AvgIpc) is 3.29. The Hall–Kier alpha value is -3.93. The molecule has 6 heteroatoms. The van der Waals surface area contributed by atoms with Gasteiger partial charge in [-0.25, -0.2) is 0 Å². The summed E-state index contributed by atoms with van der Waals surface area (Å²) in [5.41, 5.74) is 3.80. The molecule has 1 fully saturated rings. The fraction of sp³-hybridized carbons (Fsp3) is 0.160. The van der Waals surface area contributed by atoms with Crippen LogP contribution in [0.2, 0.25) is 0 Å². The Morgan fingerprint density at radius 1 is 0.871 bits per heavy atom. The van der Waals surface area contributed by atoms with E-state index < -0.39 is 0 Å². The number of para-hydroxylation sites is 1. The van der Waals surface area contributed by atoms with Crippen LogP contribution in [0.25, 0.3) is 21.8 Å². The first-order valence-electron chi connectivity index (χ1n) is 10.3. The third kappa shape index (κ3) is 3.17. The highest BCUT2D eigenvalue weighted by molar-refractivity contribution is 6.20. The molecule has 0 spiro atoms. The zero-order valence-electron chi connectivity index (χ0n) is 17.1. The van der Waals surface area contributed by atoms with Gasteiger partial charge in [-0.15, -0.1) is 0 Å². The van der Waals surface area contributed by atoms with E-state index in [2.05, 4.69) is 28.9 Å². The lowest BCUT2D eigenvalue weighted by atomic mass is 10.1. The molecule has 1 N–H and O–H groups in total. The highest BCUT2D eigenvalue weighted by atomic mass is 16.2. The smallest absolute Gasteiger partial charge is 0.255 e. The summed E-state index contributed by atoms with van der Waals surface area (Å²) < 4.78 is 2.25. The molecule has 6 nitrogen and oxygen atoms in total. The molecule has 0 saturated carbocycles. The largest absolute Gasteiger partial charge is 0.341 e. The Kier molecular flexibility index (Phi) is 4.55. The van der Waals surface area contributed by atoms with Crippen molar-refractivity contribution in [1.82, 2.24) is 4.57 Å². The Bertz CT molecular complexity index is 1350. The van der Waals surface area contributed by atoms with E-state index in [0.717, 1.165) is 33.3 Å². The molecule has 154 valence electrons. The number of amides is 3.